The number of benzene rings is 3. The van der Waals surface area contributed by atoms with Crippen molar-refractivity contribution in [3.63, 3.8) is 0 Å². The average molecular weight is 465 g/mol. The van der Waals surface area contributed by atoms with Gasteiger partial charge in [-0.3, -0.25) is 9.52 Å². The molecule has 0 saturated heterocycles. The van der Waals surface area contributed by atoms with Gasteiger partial charge >= 0.3 is 5.97 Å². The fourth-order valence-corrected chi connectivity index (χ4v) is 3.97. The molecule has 7 nitrogen and oxygen atoms in total. The minimum Gasteiger partial charge on any atom is -0.478 e. The van der Waals surface area contributed by atoms with Crippen molar-refractivity contribution < 1.29 is 23.1 Å². The molecular weight excluding hydrogens is 451 g/mol. The number of hydrogen-bond donors (Lipinski definition) is 3. The fourth-order valence-electron chi connectivity index (χ4n) is 2.54. The molecule has 0 saturated carbocycles. The topological polar surface area (TPSA) is 113 Å². The summed E-state index contributed by atoms with van der Waals surface area (Å²) in [5.74, 6) is -1.90. The first-order chi connectivity index (χ1) is 14.2. The van der Waals surface area contributed by atoms with E-state index < -0.39 is 21.9 Å². The molecule has 0 aliphatic rings. The quantitative estimate of drug-likeness (QED) is 0.487. The van der Waals surface area contributed by atoms with Gasteiger partial charge in [0.2, 0.25) is 0 Å². The first-order valence-electron chi connectivity index (χ1n) is 8.39. The van der Waals surface area contributed by atoms with Gasteiger partial charge in [-0.15, -0.1) is 0 Å². The molecule has 0 fully saturated rings. The number of halogens is 2. The van der Waals surface area contributed by atoms with Crippen LogP contribution in [-0.4, -0.2) is 25.4 Å². The first kappa shape index (κ1) is 21.6. The summed E-state index contributed by atoms with van der Waals surface area (Å²) in [7, 11) is -4.19. The zero-order chi connectivity index (χ0) is 21.9. The van der Waals surface area contributed by atoms with E-state index in [0.29, 0.717) is 10.7 Å². The van der Waals surface area contributed by atoms with Crippen molar-refractivity contribution in [2.24, 2.45) is 0 Å². The number of aromatic carboxylic acids is 1. The lowest BCUT2D eigenvalue weighted by molar-refractivity contribution is 0.0696. The number of carboxylic acids is 1. The van der Waals surface area contributed by atoms with Crippen LogP contribution in [0, 0.1) is 0 Å². The third-order valence-corrected chi connectivity index (χ3v) is 5.94. The van der Waals surface area contributed by atoms with Crippen molar-refractivity contribution in [2.45, 2.75) is 4.90 Å². The highest BCUT2D eigenvalue weighted by molar-refractivity contribution is 7.92. The van der Waals surface area contributed by atoms with Crippen LogP contribution in [0.5, 0.6) is 0 Å². The van der Waals surface area contributed by atoms with Gasteiger partial charge in [-0.2, -0.15) is 0 Å². The van der Waals surface area contributed by atoms with E-state index in [1.165, 1.54) is 24.3 Å². The minimum atomic E-state index is -4.19. The highest BCUT2D eigenvalue weighted by Gasteiger charge is 2.21. The maximum atomic E-state index is 12.8. The van der Waals surface area contributed by atoms with E-state index in [2.05, 4.69) is 10.0 Å². The van der Waals surface area contributed by atoms with Gasteiger partial charge in [-0.1, -0.05) is 35.3 Å². The molecular formula is C20H14Cl2N2O5S. The summed E-state index contributed by atoms with van der Waals surface area (Å²) >= 11 is 11.6. The van der Waals surface area contributed by atoms with Gasteiger partial charge in [0, 0.05) is 10.7 Å². The number of nitrogens with one attached hydrogen (secondary N) is 2. The maximum Gasteiger partial charge on any atom is 0.337 e. The third-order valence-electron chi connectivity index (χ3n) is 4.00. The van der Waals surface area contributed by atoms with E-state index in [4.69, 9.17) is 28.3 Å². The normalized spacial score (nSPS) is 11.0. The standard InChI is InChI=1S/C20H14Cl2N2O5S/c21-12-5-7-13(8-6-12)23-19(25)15-3-1-2-4-18(15)24-30(28,29)14-9-10-17(22)16(11-14)20(26)27/h1-11,24H,(H,23,25)(H,26,27). The minimum absolute atomic E-state index is 0.0239. The molecule has 0 aromatic heterocycles. The van der Waals surface area contributed by atoms with Gasteiger partial charge in [0.1, 0.15) is 0 Å². The molecule has 0 radical (unpaired) electrons. The molecule has 0 aliphatic heterocycles. The lowest BCUT2D eigenvalue weighted by Gasteiger charge is -2.13. The van der Waals surface area contributed by atoms with Crippen molar-refractivity contribution in [2.75, 3.05) is 10.0 Å². The summed E-state index contributed by atoms with van der Waals surface area (Å²) in [5, 5.41) is 12.2. The second-order valence-electron chi connectivity index (χ2n) is 6.06. The summed E-state index contributed by atoms with van der Waals surface area (Å²) in [6.07, 6.45) is 0. The number of amides is 1. The molecule has 3 rings (SSSR count). The number of hydrogen-bond acceptors (Lipinski definition) is 4. The Bertz CT molecular complexity index is 1230. The van der Waals surface area contributed by atoms with Crippen molar-refractivity contribution in [1.82, 2.24) is 0 Å². The van der Waals surface area contributed by atoms with E-state index in [9.17, 15) is 18.0 Å². The number of sulfonamides is 1. The number of carbonyl (C=O) groups excluding carboxylic acids is 1. The molecule has 0 atom stereocenters. The van der Waals surface area contributed by atoms with Gasteiger partial charge in [-0.25, -0.2) is 13.2 Å². The summed E-state index contributed by atoms with van der Waals surface area (Å²) in [6.45, 7) is 0. The fraction of sp³-hybridized carbons (Fsp3) is 0. The second-order valence-corrected chi connectivity index (χ2v) is 8.58. The maximum absolute atomic E-state index is 12.8. The van der Waals surface area contributed by atoms with Crippen LogP contribution in [0.4, 0.5) is 11.4 Å². The highest BCUT2D eigenvalue weighted by atomic mass is 35.5. The highest BCUT2D eigenvalue weighted by Crippen LogP contribution is 2.25. The Morgan fingerprint density at radius 1 is 0.867 bits per heavy atom. The smallest absolute Gasteiger partial charge is 0.337 e. The van der Waals surface area contributed by atoms with Crippen LogP contribution in [0.15, 0.2) is 71.6 Å². The van der Waals surface area contributed by atoms with Crippen LogP contribution in [0.2, 0.25) is 10.0 Å². The summed E-state index contributed by atoms with van der Waals surface area (Å²) in [6, 6.07) is 15.7. The molecule has 10 heteroatoms. The monoisotopic (exact) mass is 464 g/mol. The van der Waals surface area contributed by atoms with Crippen LogP contribution in [0.1, 0.15) is 20.7 Å². The van der Waals surface area contributed by atoms with E-state index in [1.807, 2.05) is 0 Å². The van der Waals surface area contributed by atoms with E-state index in [1.54, 1.807) is 36.4 Å². The molecule has 0 bridgehead atoms. The molecule has 30 heavy (non-hydrogen) atoms. The van der Waals surface area contributed by atoms with Gasteiger partial charge in [0.15, 0.2) is 0 Å². The molecule has 0 heterocycles. The molecule has 0 aliphatic carbocycles. The summed E-state index contributed by atoms with van der Waals surface area (Å²) < 4.78 is 27.8. The molecule has 0 unspecified atom stereocenters. The van der Waals surface area contributed by atoms with E-state index in [0.717, 1.165) is 6.07 Å². The molecule has 3 aromatic carbocycles. The Morgan fingerprint density at radius 2 is 1.53 bits per heavy atom. The molecule has 0 spiro atoms. The van der Waals surface area contributed by atoms with Crippen LogP contribution in [-0.2, 0) is 10.0 Å². The number of carboxylic acid groups (broad SMARTS) is 1. The SMILES string of the molecule is O=C(O)c1cc(S(=O)(=O)Nc2ccccc2C(=O)Nc2ccc(Cl)cc2)ccc1Cl. The van der Waals surface area contributed by atoms with E-state index in [-0.39, 0.29) is 26.7 Å². The number of para-hydroxylation sites is 1. The van der Waals surface area contributed by atoms with Gasteiger partial charge in [-0.05, 0) is 54.6 Å². The van der Waals surface area contributed by atoms with Crippen molar-refractivity contribution in [1.29, 1.82) is 0 Å². The Morgan fingerprint density at radius 3 is 2.20 bits per heavy atom. The molecule has 154 valence electrons. The van der Waals surface area contributed by atoms with Crippen molar-refractivity contribution in [3.8, 4) is 0 Å². The van der Waals surface area contributed by atoms with Crippen molar-refractivity contribution in [3.05, 3.63) is 87.9 Å². The van der Waals surface area contributed by atoms with Crippen LogP contribution in [0.25, 0.3) is 0 Å². The Hall–Kier alpha value is -3.07. The predicted octanol–water partition coefficient (Wildman–Crippen LogP) is 4.74. The number of carbonyl (C=O) groups is 2. The molecule has 1 amide bonds. The van der Waals surface area contributed by atoms with Crippen LogP contribution >= 0.6 is 23.2 Å². The lowest BCUT2D eigenvalue weighted by atomic mass is 10.1. The Balaban J connectivity index is 1.90. The predicted molar refractivity (Wildman–Crippen MR) is 115 cm³/mol. The van der Waals surface area contributed by atoms with Crippen molar-refractivity contribution >= 4 is 56.5 Å². The Labute approximate surface area is 182 Å². The zero-order valence-corrected chi connectivity index (χ0v) is 17.4. The first-order valence-corrected chi connectivity index (χ1v) is 10.6. The lowest BCUT2D eigenvalue weighted by Crippen LogP contribution is -2.19. The average Bonchev–Trinajstić information content (AvgIpc) is 2.69. The third kappa shape index (κ3) is 4.91. The van der Waals surface area contributed by atoms with Crippen LogP contribution in [0.3, 0.4) is 0 Å². The van der Waals surface area contributed by atoms with Gasteiger partial charge in [0.05, 0.1) is 26.7 Å². The second kappa shape index (κ2) is 8.74. The van der Waals surface area contributed by atoms with Gasteiger partial charge in [0.25, 0.3) is 15.9 Å². The van der Waals surface area contributed by atoms with Gasteiger partial charge < -0.3 is 10.4 Å². The Kier molecular flexibility index (Phi) is 6.31. The summed E-state index contributed by atoms with van der Waals surface area (Å²) in [5.41, 5.74) is 0.221. The summed E-state index contributed by atoms with van der Waals surface area (Å²) in [4.78, 5) is 23.6. The molecule has 3 aromatic rings. The van der Waals surface area contributed by atoms with Crippen LogP contribution < -0.4 is 10.0 Å². The largest absolute Gasteiger partial charge is 0.478 e. The number of rotatable bonds is 6. The number of anilines is 2. The van der Waals surface area contributed by atoms with E-state index >= 15 is 0 Å². The molecule has 3 N–H and O–H groups in total. The zero-order valence-electron chi connectivity index (χ0n) is 15.1.